The van der Waals surface area contributed by atoms with Crippen LogP contribution in [0.4, 0.5) is 22.9 Å². The van der Waals surface area contributed by atoms with Gasteiger partial charge >= 0.3 is 5.69 Å². The molecule has 0 saturated heterocycles. The van der Waals surface area contributed by atoms with E-state index in [9.17, 15) is 9.59 Å². The summed E-state index contributed by atoms with van der Waals surface area (Å²) in [6.45, 7) is 0. The molecule has 0 unspecified atom stereocenters. The van der Waals surface area contributed by atoms with Crippen molar-refractivity contribution in [1.29, 1.82) is 0 Å². The van der Waals surface area contributed by atoms with E-state index in [2.05, 4.69) is 20.8 Å². The second-order valence-corrected chi connectivity index (χ2v) is 6.79. The van der Waals surface area contributed by atoms with E-state index in [1.54, 1.807) is 18.3 Å². The highest BCUT2D eigenvalue weighted by atomic mass is 16.2. The van der Waals surface area contributed by atoms with Gasteiger partial charge in [-0.3, -0.25) is 19.4 Å². The van der Waals surface area contributed by atoms with Gasteiger partial charge in [0.25, 0.3) is 5.56 Å². The summed E-state index contributed by atoms with van der Waals surface area (Å²) in [6, 6.07) is 16.8. The molecule has 0 saturated carbocycles. The molecule has 154 valence electrons. The van der Waals surface area contributed by atoms with Crippen molar-refractivity contribution in [1.82, 2.24) is 9.13 Å². The summed E-state index contributed by atoms with van der Waals surface area (Å²) >= 11 is 0. The maximum atomic E-state index is 12.6. The fourth-order valence-electron chi connectivity index (χ4n) is 2.67. The Morgan fingerprint density at radius 1 is 0.900 bits per heavy atom. The van der Waals surface area contributed by atoms with Gasteiger partial charge in [0.2, 0.25) is 0 Å². The van der Waals surface area contributed by atoms with Gasteiger partial charge in [-0.05, 0) is 29.8 Å². The molecular formula is C21H23N7O2. The zero-order valence-corrected chi connectivity index (χ0v) is 17.3. The third kappa shape index (κ3) is 4.52. The standard InChI is InChI=1S/C21H23N7O2/c1-26(2)17-12-10-15(11-13-17)14-22-25-19-18(20(29)28(4)21(30)27(19)3)24-23-16-8-6-5-7-9-16/h5-14,25H,1-4H3/b22-14-,24-23?. The number of rotatable bonds is 6. The molecule has 0 atom stereocenters. The second kappa shape index (κ2) is 8.99. The molecule has 1 aromatic heterocycles. The largest absolute Gasteiger partial charge is 0.378 e. The van der Waals surface area contributed by atoms with Crippen LogP contribution in [0.1, 0.15) is 5.56 Å². The molecule has 0 amide bonds. The lowest BCUT2D eigenvalue weighted by Crippen LogP contribution is -2.37. The minimum absolute atomic E-state index is 0.0106. The maximum absolute atomic E-state index is 12.6. The highest BCUT2D eigenvalue weighted by Gasteiger charge is 2.15. The molecule has 3 aromatic rings. The summed E-state index contributed by atoms with van der Waals surface area (Å²) in [5, 5.41) is 12.4. The van der Waals surface area contributed by atoms with Gasteiger partial charge in [0.15, 0.2) is 11.5 Å². The Bertz CT molecular complexity index is 1190. The lowest BCUT2D eigenvalue weighted by Gasteiger charge is -2.12. The lowest BCUT2D eigenvalue weighted by molar-refractivity contribution is 0.690. The average Bonchev–Trinajstić information content (AvgIpc) is 2.76. The number of hydrazone groups is 1. The van der Waals surface area contributed by atoms with Crippen molar-refractivity contribution in [2.75, 3.05) is 24.4 Å². The monoisotopic (exact) mass is 405 g/mol. The van der Waals surface area contributed by atoms with Crippen LogP contribution in [0.2, 0.25) is 0 Å². The summed E-state index contributed by atoms with van der Waals surface area (Å²) in [7, 11) is 6.86. The van der Waals surface area contributed by atoms with Gasteiger partial charge in [0.1, 0.15) is 0 Å². The predicted octanol–water partition coefficient (Wildman–Crippen LogP) is 3.01. The first kappa shape index (κ1) is 20.7. The van der Waals surface area contributed by atoms with E-state index in [0.717, 1.165) is 15.8 Å². The van der Waals surface area contributed by atoms with Crippen LogP contribution in [0.15, 0.2) is 79.5 Å². The number of anilines is 2. The van der Waals surface area contributed by atoms with Gasteiger partial charge in [-0.2, -0.15) is 10.2 Å². The summed E-state index contributed by atoms with van der Waals surface area (Å²) < 4.78 is 2.25. The third-order valence-corrected chi connectivity index (χ3v) is 4.46. The van der Waals surface area contributed by atoms with E-state index < -0.39 is 11.2 Å². The number of aromatic nitrogens is 2. The Balaban J connectivity index is 1.94. The highest BCUT2D eigenvalue weighted by molar-refractivity contribution is 5.81. The van der Waals surface area contributed by atoms with Gasteiger partial charge in [0, 0.05) is 33.9 Å². The minimum atomic E-state index is -0.564. The van der Waals surface area contributed by atoms with E-state index in [-0.39, 0.29) is 11.5 Å². The molecule has 3 rings (SSSR count). The number of hydrogen-bond donors (Lipinski definition) is 1. The van der Waals surface area contributed by atoms with Crippen molar-refractivity contribution in [2.45, 2.75) is 0 Å². The van der Waals surface area contributed by atoms with Crippen molar-refractivity contribution in [3.63, 3.8) is 0 Å². The maximum Gasteiger partial charge on any atom is 0.332 e. The first-order valence-corrected chi connectivity index (χ1v) is 9.21. The number of nitrogens with one attached hydrogen (secondary N) is 1. The Kier molecular flexibility index (Phi) is 6.21. The summed E-state index contributed by atoms with van der Waals surface area (Å²) in [5.41, 5.74) is 4.21. The molecule has 9 heteroatoms. The average molecular weight is 405 g/mol. The van der Waals surface area contributed by atoms with Crippen LogP contribution in [0, 0.1) is 0 Å². The zero-order valence-electron chi connectivity index (χ0n) is 17.3. The molecule has 1 N–H and O–H groups in total. The van der Waals surface area contributed by atoms with Crippen LogP contribution in [0.25, 0.3) is 0 Å². The molecule has 30 heavy (non-hydrogen) atoms. The van der Waals surface area contributed by atoms with Gasteiger partial charge in [-0.15, -0.1) is 5.11 Å². The lowest BCUT2D eigenvalue weighted by atomic mass is 10.2. The van der Waals surface area contributed by atoms with E-state index in [1.807, 2.05) is 61.5 Å². The van der Waals surface area contributed by atoms with E-state index in [4.69, 9.17) is 0 Å². The summed E-state index contributed by atoms with van der Waals surface area (Å²) in [4.78, 5) is 26.9. The molecule has 0 fully saturated rings. The van der Waals surface area contributed by atoms with Crippen LogP contribution in [-0.4, -0.2) is 29.4 Å². The highest BCUT2D eigenvalue weighted by Crippen LogP contribution is 2.21. The summed E-state index contributed by atoms with van der Waals surface area (Å²) in [5.74, 6) is 0.156. The van der Waals surface area contributed by atoms with Crippen LogP contribution >= 0.6 is 0 Å². The van der Waals surface area contributed by atoms with Gasteiger partial charge < -0.3 is 4.90 Å². The Hall–Kier alpha value is -4.01. The van der Waals surface area contributed by atoms with E-state index >= 15 is 0 Å². The first-order chi connectivity index (χ1) is 14.4. The van der Waals surface area contributed by atoms with Gasteiger partial charge in [0.05, 0.1) is 11.9 Å². The van der Waals surface area contributed by atoms with Crippen LogP contribution in [0.3, 0.4) is 0 Å². The topological polar surface area (TPSA) is 96.3 Å². The molecule has 0 aliphatic carbocycles. The minimum Gasteiger partial charge on any atom is -0.378 e. The first-order valence-electron chi connectivity index (χ1n) is 9.21. The molecule has 0 aliphatic heterocycles. The van der Waals surface area contributed by atoms with Crippen LogP contribution in [0.5, 0.6) is 0 Å². The van der Waals surface area contributed by atoms with Gasteiger partial charge in [-0.1, -0.05) is 30.3 Å². The fraction of sp³-hybridized carbons (Fsp3) is 0.190. The number of nitrogens with zero attached hydrogens (tertiary/aromatic N) is 6. The zero-order chi connectivity index (χ0) is 21.7. The van der Waals surface area contributed by atoms with Gasteiger partial charge in [-0.25, -0.2) is 4.79 Å². The normalized spacial score (nSPS) is 11.3. The second-order valence-electron chi connectivity index (χ2n) is 6.79. The smallest absolute Gasteiger partial charge is 0.332 e. The predicted molar refractivity (Wildman–Crippen MR) is 120 cm³/mol. The summed E-state index contributed by atoms with van der Waals surface area (Å²) in [6.07, 6.45) is 1.60. The Labute approximate surface area is 173 Å². The Morgan fingerprint density at radius 3 is 2.20 bits per heavy atom. The third-order valence-electron chi connectivity index (χ3n) is 4.46. The quantitative estimate of drug-likeness (QED) is 0.387. The molecule has 0 spiro atoms. The number of azo groups is 1. The fourth-order valence-corrected chi connectivity index (χ4v) is 2.67. The van der Waals surface area contributed by atoms with Crippen LogP contribution < -0.4 is 21.6 Å². The van der Waals surface area contributed by atoms with Crippen molar-refractivity contribution in [3.05, 3.63) is 81.0 Å². The molecule has 0 aliphatic rings. The van der Waals surface area contributed by atoms with E-state index in [1.165, 1.54) is 18.7 Å². The van der Waals surface area contributed by atoms with Crippen molar-refractivity contribution >= 4 is 29.1 Å². The van der Waals surface area contributed by atoms with Crippen molar-refractivity contribution in [3.8, 4) is 0 Å². The Morgan fingerprint density at radius 2 is 1.57 bits per heavy atom. The number of benzene rings is 2. The molecule has 0 radical (unpaired) electrons. The molecule has 2 aromatic carbocycles. The van der Waals surface area contributed by atoms with Crippen molar-refractivity contribution in [2.24, 2.45) is 29.4 Å². The molecule has 0 bridgehead atoms. The van der Waals surface area contributed by atoms with Crippen LogP contribution in [-0.2, 0) is 14.1 Å². The number of hydrogen-bond acceptors (Lipinski definition) is 7. The van der Waals surface area contributed by atoms with Crippen molar-refractivity contribution < 1.29 is 0 Å². The van der Waals surface area contributed by atoms with E-state index in [0.29, 0.717) is 5.69 Å². The molecule has 9 nitrogen and oxygen atoms in total. The molecular weight excluding hydrogens is 382 g/mol. The molecule has 1 heterocycles. The SMILES string of the molecule is CN(C)c1ccc(/C=N\Nc2c(N=Nc3ccccc3)c(=O)n(C)c(=O)n2C)cc1.